The lowest BCUT2D eigenvalue weighted by molar-refractivity contribution is -0.143. The summed E-state index contributed by atoms with van der Waals surface area (Å²) in [5, 5.41) is 12.1. The van der Waals surface area contributed by atoms with Crippen LogP contribution in [-0.4, -0.2) is 21.4 Å². The molecular weight excluding hydrogens is 442 g/mol. The van der Waals surface area contributed by atoms with Crippen molar-refractivity contribution in [3.8, 4) is 10.4 Å². The fourth-order valence-corrected chi connectivity index (χ4v) is 11.2. The van der Waals surface area contributed by atoms with Crippen molar-refractivity contribution in [3.05, 3.63) is 36.5 Å². The average molecular weight is 482 g/mol. The summed E-state index contributed by atoms with van der Waals surface area (Å²) in [6.45, 7) is 5.11. The minimum Gasteiger partial charge on any atom is -0.388 e. The normalized spacial score (nSPS) is 42.4. The van der Waals surface area contributed by atoms with Gasteiger partial charge in [0, 0.05) is 17.4 Å². The highest BCUT2D eigenvalue weighted by atomic mass is 32.2. The number of aromatic nitrogens is 1. The lowest BCUT2D eigenvalue weighted by Crippen LogP contribution is -2.56. The minimum atomic E-state index is -0.559. The van der Waals surface area contributed by atoms with E-state index in [4.69, 9.17) is 4.98 Å². The average Bonchev–Trinajstić information content (AvgIpc) is 3.41. The molecule has 4 fully saturated rings. The Bertz CT molecular complexity index is 991. The number of benzene rings is 1. The lowest BCUT2D eigenvalue weighted by atomic mass is 9.44. The molecule has 0 radical (unpaired) electrons. The van der Waals surface area contributed by atoms with E-state index in [0.717, 1.165) is 34.3 Å². The predicted molar refractivity (Wildman–Crippen MR) is 140 cm³/mol. The first-order chi connectivity index (χ1) is 15.9. The van der Waals surface area contributed by atoms with E-state index in [9.17, 15) is 5.11 Å². The van der Waals surface area contributed by atoms with Gasteiger partial charge in [-0.1, -0.05) is 68.8 Å². The second-order valence-corrected chi connectivity index (χ2v) is 14.3. The number of rotatable bonds is 4. The van der Waals surface area contributed by atoms with Crippen LogP contribution in [0.3, 0.4) is 0 Å². The smallest absolute Gasteiger partial charge is 0.150 e. The van der Waals surface area contributed by atoms with Crippen LogP contribution in [0.5, 0.6) is 0 Å². The van der Waals surface area contributed by atoms with E-state index in [1.54, 1.807) is 23.1 Å². The second-order valence-electron chi connectivity index (χ2n) is 12.1. The topological polar surface area (TPSA) is 33.1 Å². The van der Waals surface area contributed by atoms with Crippen LogP contribution in [0.25, 0.3) is 10.4 Å². The zero-order chi connectivity index (χ0) is 22.7. The Morgan fingerprint density at radius 1 is 0.970 bits per heavy atom. The first-order valence-corrected chi connectivity index (χ1v) is 15.1. The molecule has 2 nitrogen and oxygen atoms in total. The second kappa shape index (κ2) is 8.38. The van der Waals surface area contributed by atoms with E-state index in [-0.39, 0.29) is 5.41 Å². The van der Waals surface area contributed by atoms with E-state index in [1.165, 1.54) is 68.2 Å². The Hall–Kier alpha value is -0.840. The van der Waals surface area contributed by atoms with Crippen molar-refractivity contribution in [2.24, 2.45) is 34.5 Å². The monoisotopic (exact) mass is 481 g/mol. The molecule has 2 aromatic rings. The molecule has 0 bridgehead atoms. The predicted octanol–water partition coefficient (Wildman–Crippen LogP) is 8.07. The van der Waals surface area contributed by atoms with Crippen molar-refractivity contribution in [1.29, 1.82) is 0 Å². The third-order valence-electron chi connectivity index (χ3n) is 10.9. The van der Waals surface area contributed by atoms with Crippen molar-refractivity contribution in [2.75, 3.05) is 5.75 Å². The molecule has 1 N–H and O–H groups in total. The van der Waals surface area contributed by atoms with E-state index in [0.29, 0.717) is 11.3 Å². The van der Waals surface area contributed by atoms with Crippen LogP contribution >= 0.6 is 23.1 Å². The highest BCUT2D eigenvalue weighted by Gasteiger charge is 2.64. The zero-order valence-electron chi connectivity index (χ0n) is 20.3. The maximum Gasteiger partial charge on any atom is 0.150 e. The number of aliphatic hydroxyl groups is 1. The molecule has 4 aliphatic carbocycles. The summed E-state index contributed by atoms with van der Waals surface area (Å²) in [5.74, 6) is 4.21. The van der Waals surface area contributed by atoms with Gasteiger partial charge in [-0.05, 0) is 86.0 Å². The molecule has 1 aromatic heterocycles. The fraction of sp³-hybridized carbons (Fsp3) is 0.690. The van der Waals surface area contributed by atoms with Gasteiger partial charge in [0.1, 0.15) is 4.34 Å². The summed E-state index contributed by atoms with van der Waals surface area (Å²) >= 11 is 3.56. The number of hydrogen-bond acceptors (Lipinski definition) is 4. The molecule has 0 saturated heterocycles. The maximum absolute atomic E-state index is 12.1. The Kier molecular flexibility index (Phi) is 5.74. The number of thiazole rings is 1. The number of thioether (sulfide) groups is 1. The van der Waals surface area contributed by atoms with Crippen LogP contribution < -0.4 is 0 Å². The lowest BCUT2D eigenvalue weighted by Gasteiger charge is -2.61. The highest BCUT2D eigenvalue weighted by Crippen LogP contribution is 2.68. The van der Waals surface area contributed by atoms with Gasteiger partial charge < -0.3 is 5.11 Å². The van der Waals surface area contributed by atoms with Gasteiger partial charge in [-0.3, -0.25) is 0 Å². The van der Waals surface area contributed by atoms with Crippen molar-refractivity contribution in [2.45, 2.75) is 88.0 Å². The van der Waals surface area contributed by atoms with Crippen LogP contribution in [0.4, 0.5) is 0 Å². The van der Waals surface area contributed by atoms with Crippen molar-refractivity contribution in [3.63, 3.8) is 0 Å². The van der Waals surface area contributed by atoms with Crippen molar-refractivity contribution < 1.29 is 5.11 Å². The van der Waals surface area contributed by atoms with Gasteiger partial charge in [0.2, 0.25) is 0 Å². The molecule has 0 spiro atoms. The minimum absolute atomic E-state index is 0.0680. The first kappa shape index (κ1) is 22.6. The molecule has 178 valence electrons. The van der Waals surface area contributed by atoms with Crippen LogP contribution in [-0.2, 0) is 0 Å². The molecule has 4 aliphatic rings. The van der Waals surface area contributed by atoms with Crippen LogP contribution in [0.1, 0.15) is 78.1 Å². The maximum atomic E-state index is 12.1. The van der Waals surface area contributed by atoms with Crippen molar-refractivity contribution >= 4 is 23.1 Å². The van der Waals surface area contributed by atoms with Crippen LogP contribution in [0, 0.1) is 34.5 Å². The van der Waals surface area contributed by atoms with Gasteiger partial charge >= 0.3 is 0 Å². The Morgan fingerprint density at radius 2 is 1.79 bits per heavy atom. The molecule has 4 saturated carbocycles. The van der Waals surface area contributed by atoms with Gasteiger partial charge in [0.25, 0.3) is 0 Å². The highest BCUT2D eigenvalue weighted by molar-refractivity contribution is 8.01. The van der Waals surface area contributed by atoms with E-state index in [2.05, 4.69) is 44.2 Å². The molecule has 0 amide bonds. The Morgan fingerprint density at radius 3 is 2.64 bits per heavy atom. The van der Waals surface area contributed by atoms with Crippen LogP contribution in [0.2, 0.25) is 0 Å². The van der Waals surface area contributed by atoms with Gasteiger partial charge in [-0.2, -0.15) is 0 Å². The largest absolute Gasteiger partial charge is 0.388 e. The van der Waals surface area contributed by atoms with E-state index in [1.807, 2.05) is 6.20 Å². The summed E-state index contributed by atoms with van der Waals surface area (Å²) in [4.78, 5) is 5.92. The van der Waals surface area contributed by atoms with Gasteiger partial charge in [-0.15, -0.1) is 11.3 Å². The standard InChI is InChI=1S/C29H39NOS2/c1-27-15-7-6-10-21(27)11-12-22-23(27)13-16-28(2)24(22)14-17-29(28,31)19-32-26-30-18-25(33-26)20-8-4-3-5-9-20/h3-5,8-9,18,21-24,31H,6-7,10-17,19H2,1-2H3/t21-,22-,23-,24+,27-,28-,29+/m0/s1. The number of nitrogens with zero attached hydrogens (tertiary/aromatic N) is 1. The Labute approximate surface area is 208 Å². The third-order valence-corrected chi connectivity index (χ3v) is 13.3. The number of hydrogen-bond donors (Lipinski definition) is 1. The number of fused-ring (bicyclic) bond motifs is 5. The molecule has 33 heavy (non-hydrogen) atoms. The summed E-state index contributed by atoms with van der Waals surface area (Å²) in [5.41, 5.74) is 1.32. The fourth-order valence-electron chi connectivity index (χ4n) is 8.88. The van der Waals surface area contributed by atoms with Gasteiger partial charge in [0.15, 0.2) is 0 Å². The molecule has 4 heteroatoms. The van der Waals surface area contributed by atoms with Gasteiger partial charge in [-0.25, -0.2) is 4.98 Å². The molecule has 1 aromatic carbocycles. The molecule has 0 unspecified atom stereocenters. The molecular formula is C29H39NOS2. The molecule has 6 rings (SSSR count). The molecule has 0 aliphatic heterocycles. The third kappa shape index (κ3) is 3.57. The quantitative estimate of drug-likeness (QED) is 0.448. The summed E-state index contributed by atoms with van der Waals surface area (Å²) in [6.07, 6.45) is 15.4. The van der Waals surface area contributed by atoms with Gasteiger partial charge in [0.05, 0.1) is 10.5 Å². The van der Waals surface area contributed by atoms with E-state index < -0.39 is 5.60 Å². The first-order valence-electron chi connectivity index (χ1n) is 13.3. The molecule has 1 heterocycles. The zero-order valence-corrected chi connectivity index (χ0v) is 21.9. The van der Waals surface area contributed by atoms with Crippen LogP contribution in [0.15, 0.2) is 40.9 Å². The van der Waals surface area contributed by atoms with E-state index >= 15 is 0 Å². The van der Waals surface area contributed by atoms with Crippen molar-refractivity contribution in [1.82, 2.24) is 4.98 Å². The SMILES string of the molecule is C[C@]12CCCC[C@H]1CC[C@@H]1[C@H]3CC[C@@](O)(CSc4ncc(-c5ccccc5)s4)[C@@]3(C)CC[C@@H]12. The summed E-state index contributed by atoms with van der Waals surface area (Å²) in [7, 11) is 0. The summed E-state index contributed by atoms with van der Waals surface area (Å²) in [6, 6.07) is 10.5. The summed E-state index contributed by atoms with van der Waals surface area (Å²) < 4.78 is 1.10. The Balaban J connectivity index is 1.18. The molecule has 7 atom stereocenters.